The fraction of sp³-hybridized carbons (Fsp3) is 0.319. The van der Waals surface area contributed by atoms with Gasteiger partial charge in [-0.2, -0.15) is 0 Å². The lowest BCUT2D eigenvalue weighted by atomic mass is 9.98. The molecule has 2 saturated heterocycles. The van der Waals surface area contributed by atoms with Crippen LogP contribution in [-0.4, -0.2) is 100 Å². The topological polar surface area (TPSA) is 184 Å². The molecular formula is C47H50N8O7. The van der Waals surface area contributed by atoms with Crippen LogP contribution in [0.15, 0.2) is 103 Å². The molecule has 15 heteroatoms. The first kappa shape index (κ1) is 41.7. The Morgan fingerprint density at radius 2 is 1.27 bits per heavy atom. The first-order valence-electron chi connectivity index (χ1n) is 20.8. The Kier molecular flexibility index (Phi) is 12.3. The molecule has 4 unspecified atom stereocenters. The fourth-order valence-electron chi connectivity index (χ4n) is 8.30. The molecule has 4 heterocycles. The van der Waals surface area contributed by atoms with Crippen molar-refractivity contribution in [2.24, 2.45) is 5.92 Å². The van der Waals surface area contributed by atoms with E-state index in [2.05, 4.69) is 74.1 Å². The van der Waals surface area contributed by atoms with Crippen LogP contribution in [0.25, 0.3) is 44.4 Å². The number of ether oxygens (including phenoxy) is 3. The molecule has 15 nitrogen and oxygen atoms in total. The maximum absolute atomic E-state index is 13.9. The largest absolute Gasteiger partial charge is 0.453 e. The first-order valence-corrected chi connectivity index (χ1v) is 20.8. The molecule has 6 aromatic rings. The smallest absolute Gasteiger partial charge is 0.407 e. The summed E-state index contributed by atoms with van der Waals surface area (Å²) in [5.41, 5.74) is 6.38. The van der Waals surface area contributed by atoms with Gasteiger partial charge in [-0.25, -0.2) is 19.6 Å². The Morgan fingerprint density at radius 1 is 0.694 bits per heavy atom. The number of hydrogen-bond acceptors (Lipinski definition) is 9. The summed E-state index contributed by atoms with van der Waals surface area (Å²) in [6.45, 7) is 5.35. The Hall–Kier alpha value is -7.00. The maximum Gasteiger partial charge on any atom is 0.407 e. The number of amides is 4. The number of carbonyl (C=O) groups is 4. The number of rotatable bonds is 11. The summed E-state index contributed by atoms with van der Waals surface area (Å²) >= 11 is 0. The summed E-state index contributed by atoms with van der Waals surface area (Å²) in [7, 11) is 2.56. The highest BCUT2D eigenvalue weighted by molar-refractivity contribution is 5.91. The highest BCUT2D eigenvalue weighted by atomic mass is 16.5. The Bertz CT molecular complexity index is 2550. The predicted octanol–water partition coefficient (Wildman–Crippen LogP) is 7.33. The second-order valence-electron chi connectivity index (χ2n) is 15.9. The lowest BCUT2D eigenvalue weighted by molar-refractivity contribution is -0.143. The van der Waals surface area contributed by atoms with Crippen molar-refractivity contribution in [3.63, 3.8) is 0 Å². The van der Waals surface area contributed by atoms with Gasteiger partial charge in [0.1, 0.15) is 29.8 Å². The number of nitrogens with zero attached hydrogens (tertiary/aromatic N) is 4. The van der Waals surface area contributed by atoms with Gasteiger partial charge < -0.3 is 44.6 Å². The van der Waals surface area contributed by atoms with Crippen molar-refractivity contribution in [1.82, 2.24) is 40.4 Å². The van der Waals surface area contributed by atoms with Crippen molar-refractivity contribution >= 4 is 34.8 Å². The second-order valence-corrected chi connectivity index (χ2v) is 15.9. The van der Waals surface area contributed by atoms with Crippen LogP contribution in [0.2, 0.25) is 0 Å². The van der Waals surface area contributed by atoms with Crippen molar-refractivity contribution in [3.8, 4) is 33.6 Å². The van der Waals surface area contributed by atoms with Crippen LogP contribution in [0.3, 0.4) is 0 Å². The summed E-state index contributed by atoms with van der Waals surface area (Å²) < 4.78 is 15.4. The maximum atomic E-state index is 13.9. The number of nitrogens with one attached hydrogen (secondary N) is 4. The lowest BCUT2D eigenvalue weighted by Crippen LogP contribution is -2.54. The molecule has 2 fully saturated rings. The molecule has 2 aliphatic heterocycles. The molecule has 2 aromatic heterocycles. The molecule has 0 saturated carbocycles. The van der Waals surface area contributed by atoms with Gasteiger partial charge in [-0.1, -0.05) is 92.7 Å². The summed E-state index contributed by atoms with van der Waals surface area (Å²) in [6.07, 6.45) is 3.81. The van der Waals surface area contributed by atoms with Gasteiger partial charge in [0.15, 0.2) is 0 Å². The highest BCUT2D eigenvalue weighted by Crippen LogP contribution is 2.35. The Balaban J connectivity index is 0.949. The van der Waals surface area contributed by atoms with E-state index in [-0.39, 0.29) is 30.4 Å². The van der Waals surface area contributed by atoms with E-state index in [1.165, 1.54) is 14.2 Å². The van der Waals surface area contributed by atoms with E-state index >= 15 is 0 Å². The number of morpholine rings is 1. The third kappa shape index (κ3) is 8.75. The van der Waals surface area contributed by atoms with Gasteiger partial charge in [-0.15, -0.1) is 0 Å². The minimum absolute atomic E-state index is 0.151. The molecule has 0 bridgehead atoms. The van der Waals surface area contributed by atoms with Crippen molar-refractivity contribution < 1.29 is 33.4 Å². The molecule has 62 heavy (non-hydrogen) atoms. The minimum Gasteiger partial charge on any atom is -0.453 e. The number of hydrogen-bond donors (Lipinski definition) is 4. The molecule has 0 spiro atoms. The van der Waals surface area contributed by atoms with E-state index in [1.54, 1.807) is 16.0 Å². The predicted molar refractivity (Wildman–Crippen MR) is 232 cm³/mol. The monoisotopic (exact) mass is 838 g/mol. The van der Waals surface area contributed by atoms with Crippen LogP contribution < -0.4 is 10.6 Å². The first-order chi connectivity index (χ1) is 30.1. The number of H-pyrrole nitrogens is 2. The number of imidazole rings is 2. The van der Waals surface area contributed by atoms with Crippen molar-refractivity contribution in [3.05, 3.63) is 121 Å². The average Bonchev–Trinajstić information content (AvgIpc) is 4.12. The normalized spacial score (nSPS) is 17.4. The molecule has 0 radical (unpaired) electrons. The zero-order valence-electron chi connectivity index (χ0n) is 35.1. The van der Waals surface area contributed by atoms with Crippen molar-refractivity contribution in [2.75, 3.05) is 40.5 Å². The molecule has 4 aromatic carbocycles. The summed E-state index contributed by atoms with van der Waals surface area (Å²) in [4.78, 5) is 71.7. The number of carbonyl (C=O) groups excluding carboxylic acids is 4. The molecule has 4 atom stereocenters. The molecule has 8 rings (SSSR count). The number of fused-ring (bicyclic) bond motifs is 1. The summed E-state index contributed by atoms with van der Waals surface area (Å²) in [6, 6.07) is 27.8. The molecule has 4 amide bonds. The Labute approximate surface area is 359 Å². The molecule has 4 N–H and O–H groups in total. The van der Waals surface area contributed by atoms with Crippen molar-refractivity contribution in [1.29, 1.82) is 0 Å². The van der Waals surface area contributed by atoms with Crippen LogP contribution in [0.4, 0.5) is 9.59 Å². The highest BCUT2D eigenvalue weighted by Gasteiger charge is 2.38. The number of alkyl carbamates (subject to hydrolysis) is 2. The van der Waals surface area contributed by atoms with E-state index < -0.39 is 30.3 Å². The van der Waals surface area contributed by atoms with Gasteiger partial charge in [-0.05, 0) is 63.9 Å². The second kappa shape index (κ2) is 18.3. The number of aromatic nitrogens is 4. The lowest BCUT2D eigenvalue weighted by Gasteiger charge is -2.37. The van der Waals surface area contributed by atoms with Crippen LogP contribution >= 0.6 is 0 Å². The summed E-state index contributed by atoms with van der Waals surface area (Å²) in [5, 5.41) is 7.55. The van der Waals surface area contributed by atoms with Gasteiger partial charge in [0, 0.05) is 18.7 Å². The van der Waals surface area contributed by atoms with Crippen LogP contribution in [0.1, 0.15) is 62.0 Å². The van der Waals surface area contributed by atoms with E-state index in [0.29, 0.717) is 36.9 Å². The van der Waals surface area contributed by atoms with Gasteiger partial charge in [0.25, 0.3) is 5.91 Å². The van der Waals surface area contributed by atoms with Gasteiger partial charge in [-0.3, -0.25) is 9.59 Å². The van der Waals surface area contributed by atoms with Crippen LogP contribution in [0, 0.1) is 5.92 Å². The average molecular weight is 839 g/mol. The zero-order chi connectivity index (χ0) is 43.3. The van der Waals surface area contributed by atoms with Crippen molar-refractivity contribution in [2.45, 2.75) is 50.9 Å². The minimum atomic E-state index is -0.885. The third-order valence-electron chi connectivity index (χ3n) is 11.7. The number of aromatic amines is 2. The number of likely N-dealkylation sites (tertiary alicyclic amines) is 1. The third-order valence-corrected chi connectivity index (χ3v) is 11.7. The molecule has 2 aliphatic rings. The molecule has 0 aliphatic carbocycles. The standard InChI is InChI=1S/C47H50N8O7/c1-28(2)40(52-46(58)60-3)44(56)55-21-22-62-27-39(55)43-49-25-36(50-43)30-14-12-29(13-15-30)32-16-17-34-24-35(19-18-33(34)23-32)37-26-48-42(51-37)38-11-8-20-54(38)45(57)41(53-47(59)61-4)31-9-6-5-7-10-31/h5-7,9-10,12-19,23-26,28,38-41H,8,11,20-22,27H2,1-4H3,(H,48,51)(H,49,50)(H,52,58)(H,53,59). The number of methoxy groups -OCH3 is 2. The van der Waals surface area contributed by atoms with Gasteiger partial charge >= 0.3 is 12.2 Å². The fourth-order valence-corrected chi connectivity index (χ4v) is 8.30. The SMILES string of the molecule is COC(=O)NC(C(=O)N1CCCC1c1ncc(-c2ccc3cc(-c4ccc(-c5cnc(C6COCCN6C(=O)C(NC(=O)OC)C(C)C)[nH]5)cc4)ccc3c2)[nH]1)c1ccccc1. The van der Waals surface area contributed by atoms with Crippen LogP contribution in [-0.2, 0) is 23.8 Å². The molecule has 320 valence electrons. The summed E-state index contributed by atoms with van der Waals surface area (Å²) in [5.74, 6) is 0.728. The molecular weight excluding hydrogens is 789 g/mol. The Morgan fingerprint density at radius 3 is 1.95 bits per heavy atom. The van der Waals surface area contributed by atoms with Gasteiger partial charge in [0.2, 0.25) is 5.91 Å². The van der Waals surface area contributed by atoms with Crippen LogP contribution in [0.5, 0.6) is 0 Å². The van der Waals surface area contributed by atoms with E-state index in [1.807, 2.05) is 62.5 Å². The van der Waals surface area contributed by atoms with Gasteiger partial charge in [0.05, 0.1) is 57.3 Å². The quantitative estimate of drug-likeness (QED) is 0.104. The van der Waals surface area contributed by atoms with E-state index in [9.17, 15) is 19.2 Å². The zero-order valence-corrected chi connectivity index (χ0v) is 35.1. The number of benzene rings is 4. The van der Waals surface area contributed by atoms with E-state index in [0.717, 1.165) is 57.3 Å². The van der Waals surface area contributed by atoms with E-state index in [4.69, 9.17) is 19.2 Å².